The SMILES string of the molecule is CSc1ccc(NC(=O)COc2ccc(C(C)C)cc2)cc1. The Balaban J connectivity index is 1.84. The molecule has 0 aromatic heterocycles. The number of amides is 1. The van der Waals surface area contributed by atoms with Crippen molar-refractivity contribution in [3.05, 3.63) is 54.1 Å². The van der Waals surface area contributed by atoms with Crippen molar-refractivity contribution in [1.29, 1.82) is 0 Å². The number of hydrogen-bond acceptors (Lipinski definition) is 3. The zero-order valence-electron chi connectivity index (χ0n) is 13.1. The van der Waals surface area contributed by atoms with Crippen molar-refractivity contribution in [2.24, 2.45) is 0 Å². The number of rotatable bonds is 6. The van der Waals surface area contributed by atoms with Crippen LogP contribution in [-0.2, 0) is 4.79 Å². The molecule has 0 unspecified atom stereocenters. The van der Waals surface area contributed by atoms with Gasteiger partial charge in [0.25, 0.3) is 5.91 Å². The van der Waals surface area contributed by atoms with E-state index in [9.17, 15) is 4.79 Å². The van der Waals surface area contributed by atoms with Gasteiger partial charge in [0.1, 0.15) is 5.75 Å². The number of nitrogens with one attached hydrogen (secondary N) is 1. The van der Waals surface area contributed by atoms with Crippen LogP contribution < -0.4 is 10.1 Å². The van der Waals surface area contributed by atoms with Crippen LogP contribution in [0.25, 0.3) is 0 Å². The molecule has 0 radical (unpaired) electrons. The topological polar surface area (TPSA) is 38.3 Å². The van der Waals surface area contributed by atoms with Gasteiger partial charge in [-0.15, -0.1) is 11.8 Å². The average molecular weight is 315 g/mol. The molecule has 0 saturated carbocycles. The minimum absolute atomic E-state index is 0.00526. The van der Waals surface area contributed by atoms with Gasteiger partial charge < -0.3 is 10.1 Å². The fourth-order valence-electron chi connectivity index (χ4n) is 1.97. The summed E-state index contributed by atoms with van der Waals surface area (Å²) >= 11 is 1.67. The Kier molecular flexibility index (Phi) is 5.90. The normalized spacial score (nSPS) is 10.5. The molecular formula is C18H21NO2S. The first-order chi connectivity index (χ1) is 10.6. The number of benzene rings is 2. The first-order valence-corrected chi connectivity index (χ1v) is 8.47. The lowest BCUT2D eigenvalue weighted by Crippen LogP contribution is -2.20. The predicted molar refractivity (Wildman–Crippen MR) is 92.9 cm³/mol. The van der Waals surface area contributed by atoms with Crippen molar-refractivity contribution in [1.82, 2.24) is 0 Å². The number of hydrogen-bond donors (Lipinski definition) is 1. The van der Waals surface area contributed by atoms with E-state index in [1.54, 1.807) is 11.8 Å². The molecule has 0 fully saturated rings. The predicted octanol–water partition coefficient (Wildman–Crippen LogP) is 4.55. The standard InChI is InChI=1S/C18H21NO2S/c1-13(2)14-4-8-16(9-5-14)21-12-18(20)19-15-6-10-17(22-3)11-7-15/h4-11,13H,12H2,1-3H3,(H,19,20). The fourth-order valence-corrected chi connectivity index (χ4v) is 2.38. The van der Waals surface area contributed by atoms with Crippen LogP contribution in [0, 0.1) is 0 Å². The van der Waals surface area contributed by atoms with E-state index in [2.05, 4.69) is 19.2 Å². The number of ether oxygens (including phenoxy) is 1. The summed E-state index contributed by atoms with van der Waals surface area (Å²) < 4.78 is 5.50. The molecule has 0 saturated heterocycles. The van der Waals surface area contributed by atoms with Crippen molar-refractivity contribution in [3.8, 4) is 5.75 Å². The number of carbonyl (C=O) groups is 1. The molecule has 0 aliphatic heterocycles. The van der Waals surface area contributed by atoms with Crippen molar-refractivity contribution in [2.45, 2.75) is 24.7 Å². The Morgan fingerprint density at radius 1 is 1.09 bits per heavy atom. The number of anilines is 1. The maximum atomic E-state index is 11.9. The highest BCUT2D eigenvalue weighted by atomic mass is 32.2. The number of thioether (sulfide) groups is 1. The second-order valence-corrected chi connectivity index (χ2v) is 6.17. The molecule has 0 aliphatic rings. The van der Waals surface area contributed by atoms with Gasteiger partial charge in [-0.3, -0.25) is 4.79 Å². The van der Waals surface area contributed by atoms with Gasteiger partial charge in [-0.05, 0) is 54.1 Å². The van der Waals surface area contributed by atoms with E-state index in [4.69, 9.17) is 4.74 Å². The van der Waals surface area contributed by atoms with Gasteiger partial charge in [-0.1, -0.05) is 26.0 Å². The Morgan fingerprint density at radius 3 is 2.27 bits per heavy atom. The van der Waals surface area contributed by atoms with E-state index in [1.807, 2.05) is 54.8 Å². The van der Waals surface area contributed by atoms with Crippen LogP contribution in [0.15, 0.2) is 53.4 Å². The van der Waals surface area contributed by atoms with Crippen LogP contribution in [-0.4, -0.2) is 18.8 Å². The van der Waals surface area contributed by atoms with E-state index in [0.29, 0.717) is 11.7 Å². The van der Waals surface area contributed by atoms with Crippen molar-refractivity contribution >= 4 is 23.4 Å². The van der Waals surface area contributed by atoms with Gasteiger partial charge in [-0.2, -0.15) is 0 Å². The van der Waals surface area contributed by atoms with E-state index in [-0.39, 0.29) is 12.5 Å². The molecule has 116 valence electrons. The van der Waals surface area contributed by atoms with Gasteiger partial charge in [0.05, 0.1) is 0 Å². The Bertz CT molecular complexity index is 606. The molecule has 22 heavy (non-hydrogen) atoms. The van der Waals surface area contributed by atoms with Crippen molar-refractivity contribution in [3.63, 3.8) is 0 Å². The summed E-state index contributed by atoms with van der Waals surface area (Å²) in [7, 11) is 0. The molecule has 1 N–H and O–H groups in total. The Hall–Kier alpha value is -1.94. The second-order valence-electron chi connectivity index (χ2n) is 5.29. The largest absolute Gasteiger partial charge is 0.484 e. The summed E-state index contributed by atoms with van der Waals surface area (Å²) in [5.41, 5.74) is 2.03. The quantitative estimate of drug-likeness (QED) is 0.795. The van der Waals surface area contributed by atoms with Gasteiger partial charge in [0.15, 0.2) is 6.61 Å². The first kappa shape index (κ1) is 16.4. The van der Waals surface area contributed by atoms with Crippen LogP contribution in [0.1, 0.15) is 25.3 Å². The molecule has 0 heterocycles. The molecule has 0 bridgehead atoms. The maximum absolute atomic E-state index is 11.9. The van der Waals surface area contributed by atoms with E-state index < -0.39 is 0 Å². The third kappa shape index (κ3) is 4.81. The van der Waals surface area contributed by atoms with Gasteiger partial charge >= 0.3 is 0 Å². The minimum Gasteiger partial charge on any atom is -0.484 e. The summed E-state index contributed by atoms with van der Waals surface area (Å²) in [5.74, 6) is 1.03. The van der Waals surface area contributed by atoms with Crippen LogP contribution in [0.2, 0.25) is 0 Å². The lowest BCUT2D eigenvalue weighted by atomic mass is 10.0. The van der Waals surface area contributed by atoms with E-state index in [1.165, 1.54) is 10.5 Å². The summed E-state index contributed by atoms with van der Waals surface area (Å²) in [5, 5.41) is 2.82. The Labute approximate surface area is 136 Å². The van der Waals surface area contributed by atoms with Crippen LogP contribution in [0.3, 0.4) is 0 Å². The zero-order valence-corrected chi connectivity index (χ0v) is 13.9. The lowest BCUT2D eigenvalue weighted by Gasteiger charge is -2.09. The van der Waals surface area contributed by atoms with Gasteiger partial charge in [0.2, 0.25) is 0 Å². The Morgan fingerprint density at radius 2 is 1.73 bits per heavy atom. The molecule has 0 aliphatic carbocycles. The fraction of sp³-hybridized carbons (Fsp3) is 0.278. The van der Waals surface area contributed by atoms with Crippen molar-refractivity contribution < 1.29 is 9.53 Å². The third-order valence-corrected chi connectivity index (χ3v) is 4.03. The highest BCUT2D eigenvalue weighted by Crippen LogP contribution is 2.19. The highest BCUT2D eigenvalue weighted by Gasteiger charge is 2.05. The summed E-state index contributed by atoms with van der Waals surface area (Å²) in [6, 6.07) is 15.6. The molecule has 3 nitrogen and oxygen atoms in total. The lowest BCUT2D eigenvalue weighted by molar-refractivity contribution is -0.118. The van der Waals surface area contributed by atoms with Crippen molar-refractivity contribution in [2.75, 3.05) is 18.2 Å². The molecular weight excluding hydrogens is 294 g/mol. The highest BCUT2D eigenvalue weighted by molar-refractivity contribution is 7.98. The molecule has 2 rings (SSSR count). The smallest absolute Gasteiger partial charge is 0.262 e. The summed E-state index contributed by atoms with van der Waals surface area (Å²) in [6.07, 6.45) is 2.02. The minimum atomic E-state index is -0.162. The molecule has 0 atom stereocenters. The molecule has 0 spiro atoms. The van der Waals surface area contributed by atoms with Crippen LogP contribution >= 0.6 is 11.8 Å². The second kappa shape index (κ2) is 7.90. The van der Waals surface area contributed by atoms with E-state index in [0.717, 1.165) is 5.69 Å². The molecule has 1 amide bonds. The maximum Gasteiger partial charge on any atom is 0.262 e. The monoisotopic (exact) mass is 315 g/mol. The zero-order chi connectivity index (χ0) is 15.9. The molecule has 2 aromatic carbocycles. The summed E-state index contributed by atoms with van der Waals surface area (Å²) in [6.45, 7) is 4.29. The third-order valence-electron chi connectivity index (χ3n) is 3.29. The van der Waals surface area contributed by atoms with E-state index >= 15 is 0 Å². The first-order valence-electron chi connectivity index (χ1n) is 7.25. The van der Waals surface area contributed by atoms with Crippen LogP contribution in [0.4, 0.5) is 5.69 Å². The summed E-state index contributed by atoms with van der Waals surface area (Å²) in [4.78, 5) is 13.0. The molecule has 4 heteroatoms. The molecule has 2 aromatic rings. The van der Waals surface area contributed by atoms with Crippen LogP contribution in [0.5, 0.6) is 5.75 Å². The average Bonchev–Trinajstić information content (AvgIpc) is 2.54. The number of carbonyl (C=O) groups excluding carboxylic acids is 1. The van der Waals surface area contributed by atoms with Gasteiger partial charge in [0, 0.05) is 10.6 Å². The van der Waals surface area contributed by atoms with Gasteiger partial charge in [-0.25, -0.2) is 0 Å².